The van der Waals surface area contributed by atoms with Gasteiger partial charge < -0.3 is 19.5 Å². The van der Waals surface area contributed by atoms with Crippen molar-refractivity contribution in [3.63, 3.8) is 0 Å². The van der Waals surface area contributed by atoms with E-state index in [1.54, 1.807) is 0 Å². The molecule has 1 N–H and O–H groups in total. The summed E-state index contributed by atoms with van der Waals surface area (Å²) in [6.07, 6.45) is 1.58. The SMILES string of the molecule is Cc1ccc(Cn2c(N3CCC[C@H](NC(=O)OC(C)(C)C)C3)nc3ccccc32)cc1. The van der Waals surface area contributed by atoms with Crippen molar-refractivity contribution in [2.75, 3.05) is 18.0 Å². The normalized spacial score (nSPS) is 17.0. The molecule has 164 valence electrons. The summed E-state index contributed by atoms with van der Waals surface area (Å²) in [6.45, 7) is 10.2. The molecule has 0 saturated carbocycles. The Labute approximate surface area is 184 Å². The average molecular weight is 421 g/mol. The van der Waals surface area contributed by atoms with Crippen molar-refractivity contribution in [1.82, 2.24) is 14.9 Å². The van der Waals surface area contributed by atoms with E-state index in [1.807, 2.05) is 26.8 Å². The van der Waals surface area contributed by atoms with E-state index in [-0.39, 0.29) is 12.1 Å². The van der Waals surface area contributed by atoms with Crippen LogP contribution in [0.1, 0.15) is 44.7 Å². The molecule has 3 aromatic rings. The Kier molecular flexibility index (Phi) is 5.90. The minimum Gasteiger partial charge on any atom is -0.444 e. The molecule has 0 spiro atoms. The van der Waals surface area contributed by atoms with Crippen LogP contribution in [-0.2, 0) is 11.3 Å². The predicted molar refractivity (Wildman–Crippen MR) is 125 cm³/mol. The average Bonchev–Trinajstić information content (AvgIpc) is 3.07. The summed E-state index contributed by atoms with van der Waals surface area (Å²) in [5, 5.41) is 3.04. The van der Waals surface area contributed by atoms with E-state index in [4.69, 9.17) is 9.72 Å². The van der Waals surface area contributed by atoms with Gasteiger partial charge in [0.25, 0.3) is 0 Å². The lowest BCUT2D eigenvalue weighted by atomic mass is 10.1. The van der Waals surface area contributed by atoms with Gasteiger partial charge in [0, 0.05) is 19.1 Å². The van der Waals surface area contributed by atoms with Gasteiger partial charge in [0.15, 0.2) is 0 Å². The third-order valence-corrected chi connectivity index (χ3v) is 5.52. The first-order valence-corrected chi connectivity index (χ1v) is 11.0. The molecule has 1 amide bonds. The highest BCUT2D eigenvalue weighted by atomic mass is 16.6. The molecule has 2 aromatic carbocycles. The lowest BCUT2D eigenvalue weighted by Gasteiger charge is -2.34. The van der Waals surface area contributed by atoms with Crippen LogP contribution < -0.4 is 10.2 Å². The maximum absolute atomic E-state index is 12.3. The minimum atomic E-state index is -0.500. The fourth-order valence-electron chi connectivity index (χ4n) is 4.09. The second-order valence-corrected chi connectivity index (χ2v) is 9.40. The van der Waals surface area contributed by atoms with Crippen molar-refractivity contribution in [1.29, 1.82) is 0 Å². The summed E-state index contributed by atoms with van der Waals surface area (Å²) in [7, 11) is 0. The molecule has 1 saturated heterocycles. The van der Waals surface area contributed by atoms with E-state index in [0.717, 1.165) is 49.5 Å². The second kappa shape index (κ2) is 8.61. The van der Waals surface area contributed by atoms with Crippen molar-refractivity contribution < 1.29 is 9.53 Å². The first kappa shape index (κ1) is 21.2. The van der Waals surface area contributed by atoms with Crippen LogP contribution in [0.15, 0.2) is 48.5 Å². The van der Waals surface area contributed by atoms with Gasteiger partial charge in [0.2, 0.25) is 5.95 Å². The number of nitrogens with one attached hydrogen (secondary N) is 1. The standard InChI is InChI=1S/C25H32N4O2/c1-18-11-13-19(14-12-18)16-29-22-10-6-5-9-21(22)27-23(29)28-15-7-8-20(17-28)26-24(30)31-25(2,3)4/h5-6,9-14,20H,7-8,15-17H2,1-4H3,(H,26,30)/t20-/m0/s1. The number of hydrogen-bond acceptors (Lipinski definition) is 4. The molecule has 0 unspecified atom stereocenters. The monoisotopic (exact) mass is 420 g/mol. The number of aryl methyl sites for hydroxylation is 1. The summed E-state index contributed by atoms with van der Waals surface area (Å²) in [5.74, 6) is 0.956. The Bertz CT molecular complexity index is 1050. The van der Waals surface area contributed by atoms with Gasteiger partial charge in [0.1, 0.15) is 5.60 Å². The van der Waals surface area contributed by atoms with Crippen LogP contribution in [0.5, 0.6) is 0 Å². The number of rotatable bonds is 4. The van der Waals surface area contributed by atoms with Crippen molar-refractivity contribution >= 4 is 23.1 Å². The quantitative estimate of drug-likeness (QED) is 0.653. The van der Waals surface area contributed by atoms with Gasteiger partial charge in [-0.25, -0.2) is 9.78 Å². The largest absolute Gasteiger partial charge is 0.444 e. The number of fused-ring (bicyclic) bond motifs is 1. The molecular formula is C25H32N4O2. The minimum absolute atomic E-state index is 0.0382. The van der Waals surface area contributed by atoms with Gasteiger partial charge in [-0.1, -0.05) is 42.0 Å². The molecule has 1 aliphatic heterocycles. The number of alkyl carbamates (subject to hydrolysis) is 1. The maximum Gasteiger partial charge on any atom is 0.407 e. The highest BCUT2D eigenvalue weighted by Gasteiger charge is 2.27. The van der Waals surface area contributed by atoms with Crippen LogP contribution in [0.25, 0.3) is 11.0 Å². The number of imidazole rings is 1. The van der Waals surface area contributed by atoms with Gasteiger partial charge in [-0.2, -0.15) is 0 Å². The van der Waals surface area contributed by atoms with Gasteiger partial charge >= 0.3 is 6.09 Å². The van der Waals surface area contributed by atoms with E-state index in [0.29, 0.717) is 0 Å². The molecular weight excluding hydrogens is 388 g/mol. The third kappa shape index (κ3) is 5.19. The van der Waals surface area contributed by atoms with Crippen LogP contribution in [0.3, 0.4) is 0 Å². The molecule has 1 aliphatic rings. The molecule has 0 radical (unpaired) electrons. The summed E-state index contributed by atoms with van der Waals surface area (Å²) < 4.78 is 7.74. The highest BCUT2D eigenvalue weighted by Crippen LogP contribution is 2.26. The molecule has 2 heterocycles. The highest BCUT2D eigenvalue weighted by molar-refractivity contribution is 5.79. The van der Waals surface area contributed by atoms with Gasteiger partial charge in [-0.05, 0) is 58.2 Å². The van der Waals surface area contributed by atoms with Crippen molar-refractivity contribution in [2.24, 2.45) is 0 Å². The van der Waals surface area contributed by atoms with Crippen LogP contribution in [0.2, 0.25) is 0 Å². The number of para-hydroxylation sites is 2. The number of aromatic nitrogens is 2. The lowest BCUT2D eigenvalue weighted by Crippen LogP contribution is -2.49. The number of benzene rings is 2. The maximum atomic E-state index is 12.3. The van der Waals surface area contributed by atoms with Crippen molar-refractivity contribution in [2.45, 2.75) is 58.7 Å². The van der Waals surface area contributed by atoms with Crippen molar-refractivity contribution in [3.05, 3.63) is 59.7 Å². The number of piperidine rings is 1. The Morgan fingerprint density at radius 1 is 1.16 bits per heavy atom. The summed E-state index contributed by atoms with van der Waals surface area (Å²) in [6, 6.07) is 17.0. The molecule has 6 heteroatoms. The first-order valence-electron chi connectivity index (χ1n) is 11.0. The molecule has 0 bridgehead atoms. The van der Waals surface area contributed by atoms with E-state index < -0.39 is 5.60 Å². The Morgan fingerprint density at radius 2 is 1.90 bits per heavy atom. The summed E-state index contributed by atoms with van der Waals surface area (Å²) >= 11 is 0. The molecule has 1 fully saturated rings. The number of nitrogens with zero attached hydrogens (tertiary/aromatic N) is 3. The van der Waals surface area contributed by atoms with E-state index in [1.165, 1.54) is 11.1 Å². The van der Waals surface area contributed by atoms with Crippen LogP contribution in [-0.4, -0.2) is 40.4 Å². The second-order valence-electron chi connectivity index (χ2n) is 9.40. The smallest absolute Gasteiger partial charge is 0.407 e. The zero-order valence-electron chi connectivity index (χ0n) is 18.9. The van der Waals surface area contributed by atoms with E-state index in [2.05, 4.69) is 64.2 Å². The number of ether oxygens (including phenoxy) is 1. The first-order chi connectivity index (χ1) is 14.8. The van der Waals surface area contributed by atoms with E-state index in [9.17, 15) is 4.79 Å². The molecule has 31 heavy (non-hydrogen) atoms. The Morgan fingerprint density at radius 3 is 2.65 bits per heavy atom. The zero-order valence-corrected chi connectivity index (χ0v) is 18.9. The molecule has 1 aromatic heterocycles. The van der Waals surface area contributed by atoms with Gasteiger partial charge in [-0.3, -0.25) is 0 Å². The third-order valence-electron chi connectivity index (χ3n) is 5.52. The zero-order chi connectivity index (χ0) is 22.0. The van der Waals surface area contributed by atoms with Crippen LogP contribution >= 0.6 is 0 Å². The summed E-state index contributed by atoms with van der Waals surface area (Å²) in [5.41, 5.74) is 4.12. The number of anilines is 1. The van der Waals surface area contributed by atoms with Gasteiger partial charge in [-0.15, -0.1) is 0 Å². The molecule has 4 rings (SSSR count). The lowest BCUT2D eigenvalue weighted by molar-refractivity contribution is 0.0500. The van der Waals surface area contributed by atoms with Crippen molar-refractivity contribution in [3.8, 4) is 0 Å². The number of carbonyl (C=O) groups excluding carboxylic acids is 1. The summed E-state index contributed by atoms with van der Waals surface area (Å²) in [4.78, 5) is 19.5. The van der Waals surface area contributed by atoms with E-state index >= 15 is 0 Å². The predicted octanol–water partition coefficient (Wildman–Crippen LogP) is 4.89. The molecule has 1 atom stereocenters. The van der Waals surface area contributed by atoms with Crippen LogP contribution in [0.4, 0.5) is 10.7 Å². The van der Waals surface area contributed by atoms with Gasteiger partial charge in [0.05, 0.1) is 17.6 Å². The number of amides is 1. The fourth-order valence-corrected chi connectivity index (χ4v) is 4.09. The number of carbonyl (C=O) groups is 1. The van der Waals surface area contributed by atoms with Crippen LogP contribution in [0, 0.1) is 6.92 Å². The topological polar surface area (TPSA) is 59.4 Å². The Balaban J connectivity index is 1.58. The number of hydrogen-bond donors (Lipinski definition) is 1. The Hall–Kier alpha value is -3.02. The molecule has 6 nitrogen and oxygen atoms in total. The molecule has 0 aliphatic carbocycles. The fraction of sp³-hybridized carbons (Fsp3) is 0.440.